The normalized spacial score (nSPS) is 21.6. The monoisotopic (exact) mass is 494 g/mol. The third-order valence-corrected chi connectivity index (χ3v) is 7.36. The minimum absolute atomic E-state index is 0.0865. The second-order valence-corrected chi connectivity index (χ2v) is 10.2. The molecule has 0 saturated heterocycles. The van der Waals surface area contributed by atoms with E-state index in [2.05, 4.69) is 10.3 Å². The van der Waals surface area contributed by atoms with Gasteiger partial charge in [0.05, 0.1) is 19.2 Å². The summed E-state index contributed by atoms with van der Waals surface area (Å²) in [5.74, 6) is -0.0467. The van der Waals surface area contributed by atoms with Gasteiger partial charge in [-0.05, 0) is 31.4 Å². The van der Waals surface area contributed by atoms with Gasteiger partial charge < -0.3 is 25.0 Å². The maximum Gasteiger partial charge on any atom is 0.317 e. The molecule has 8 nitrogen and oxygen atoms in total. The first-order chi connectivity index (χ1) is 17.4. The number of ether oxygens (including phenoxy) is 1. The molecule has 0 radical (unpaired) electrons. The van der Waals surface area contributed by atoms with Gasteiger partial charge in [-0.25, -0.2) is 9.78 Å². The summed E-state index contributed by atoms with van der Waals surface area (Å²) in [5, 5.41) is 13.0. The van der Waals surface area contributed by atoms with E-state index in [9.17, 15) is 14.7 Å². The zero-order chi connectivity index (χ0) is 25.7. The van der Waals surface area contributed by atoms with Crippen LogP contribution in [0, 0.1) is 5.92 Å². The predicted octanol–water partition coefficient (Wildman–Crippen LogP) is 3.94. The Bertz CT molecular complexity index is 1040. The van der Waals surface area contributed by atoms with Gasteiger partial charge in [0, 0.05) is 37.3 Å². The molecule has 194 valence electrons. The van der Waals surface area contributed by atoms with Crippen molar-refractivity contribution in [1.29, 1.82) is 0 Å². The Hall–Kier alpha value is -3.13. The Morgan fingerprint density at radius 1 is 1.22 bits per heavy atom. The molecule has 1 fully saturated rings. The summed E-state index contributed by atoms with van der Waals surface area (Å²) >= 11 is 0. The number of benzene rings is 1. The van der Waals surface area contributed by atoms with Gasteiger partial charge in [0.15, 0.2) is 0 Å². The van der Waals surface area contributed by atoms with Gasteiger partial charge in [-0.2, -0.15) is 0 Å². The number of hydrogen-bond acceptors (Lipinski definition) is 5. The highest BCUT2D eigenvalue weighted by molar-refractivity contribution is 5.98. The van der Waals surface area contributed by atoms with Gasteiger partial charge in [0.1, 0.15) is 11.7 Å². The Morgan fingerprint density at radius 3 is 2.64 bits per heavy atom. The van der Waals surface area contributed by atoms with Crippen molar-refractivity contribution in [2.24, 2.45) is 5.92 Å². The molecule has 1 aromatic heterocycles. The topological polar surface area (TPSA) is 95.0 Å². The minimum atomic E-state index is -0.373. The van der Waals surface area contributed by atoms with Gasteiger partial charge in [-0.15, -0.1) is 0 Å². The molecule has 2 aliphatic rings. The lowest BCUT2D eigenvalue weighted by Gasteiger charge is -2.38. The Balaban J connectivity index is 1.59. The number of rotatable bonds is 6. The number of amides is 3. The zero-order valence-corrected chi connectivity index (χ0v) is 21.5. The third kappa shape index (κ3) is 5.98. The highest BCUT2D eigenvalue weighted by Crippen LogP contribution is 2.30. The summed E-state index contributed by atoms with van der Waals surface area (Å²) in [6.07, 6.45) is 6.91. The number of nitrogens with zero attached hydrogens (tertiary/aromatic N) is 3. The molecule has 36 heavy (non-hydrogen) atoms. The van der Waals surface area contributed by atoms with Crippen LogP contribution < -0.4 is 10.1 Å². The number of aliphatic hydroxyl groups excluding tert-OH is 1. The molecule has 0 bridgehead atoms. The van der Waals surface area contributed by atoms with Crippen LogP contribution >= 0.6 is 0 Å². The third-order valence-electron chi connectivity index (χ3n) is 7.36. The summed E-state index contributed by atoms with van der Waals surface area (Å²) in [6.45, 7) is 4.45. The first-order valence-electron chi connectivity index (χ1n) is 13.0. The number of likely N-dealkylation sites (N-methyl/N-ethyl adjacent to an activating group) is 1. The number of aromatic nitrogens is 1. The van der Waals surface area contributed by atoms with E-state index in [0.717, 1.165) is 36.8 Å². The van der Waals surface area contributed by atoms with E-state index in [1.54, 1.807) is 23.0 Å². The number of fused-ring (bicyclic) bond motifs is 1. The van der Waals surface area contributed by atoms with E-state index in [4.69, 9.17) is 4.74 Å². The van der Waals surface area contributed by atoms with Gasteiger partial charge in [0.2, 0.25) is 5.88 Å². The molecular weight excluding hydrogens is 456 g/mol. The largest absolute Gasteiger partial charge is 0.472 e. The van der Waals surface area contributed by atoms with E-state index in [1.807, 2.05) is 50.2 Å². The SMILES string of the molecule is C[C@H](CO)N1C[C@H](C)[C@H](CN(C)C(=O)NC2CCCCC2)Oc2ncc(-c3ccccc3)cc2C1=O. The smallest absolute Gasteiger partial charge is 0.317 e. The van der Waals surface area contributed by atoms with Gasteiger partial charge in [0.25, 0.3) is 5.91 Å². The van der Waals surface area contributed by atoms with Crippen LogP contribution in [0.25, 0.3) is 11.1 Å². The fraction of sp³-hybridized carbons (Fsp3) is 0.536. The molecule has 8 heteroatoms. The van der Waals surface area contributed by atoms with Crippen LogP contribution in [0.4, 0.5) is 4.79 Å². The zero-order valence-electron chi connectivity index (χ0n) is 21.5. The van der Waals surface area contributed by atoms with Crippen molar-refractivity contribution in [2.75, 3.05) is 26.7 Å². The number of aliphatic hydroxyl groups is 1. The molecular formula is C28H38N4O4. The molecule has 0 spiro atoms. The first kappa shape index (κ1) is 25.9. The van der Waals surface area contributed by atoms with Crippen molar-refractivity contribution in [3.05, 3.63) is 48.2 Å². The van der Waals surface area contributed by atoms with E-state index in [1.165, 1.54) is 6.42 Å². The molecule has 3 amide bonds. The van der Waals surface area contributed by atoms with Crippen LogP contribution in [0.15, 0.2) is 42.6 Å². The highest BCUT2D eigenvalue weighted by Gasteiger charge is 2.35. The quantitative estimate of drug-likeness (QED) is 0.634. The lowest BCUT2D eigenvalue weighted by atomic mass is 9.96. The Labute approximate surface area is 213 Å². The van der Waals surface area contributed by atoms with E-state index in [0.29, 0.717) is 18.7 Å². The molecule has 2 N–H and O–H groups in total. The average molecular weight is 495 g/mol. The van der Waals surface area contributed by atoms with E-state index in [-0.39, 0.29) is 48.5 Å². The van der Waals surface area contributed by atoms with E-state index >= 15 is 0 Å². The van der Waals surface area contributed by atoms with Crippen molar-refractivity contribution in [3.8, 4) is 17.0 Å². The van der Waals surface area contributed by atoms with Crippen LogP contribution in [0.2, 0.25) is 0 Å². The molecule has 4 rings (SSSR count). The second kappa shape index (κ2) is 11.7. The fourth-order valence-corrected chi connectivity index (χ4v) is 4.99. The molecule has 2 aromatic rings. The summed E-state index contributed by atoms with van der Waals surface area (Å²) in [4.78, 5) is 34.4. The van der Waals surface area contributed by atoms with Crippen molar-refractivity contribution in [3.63, 3.8) is 0 Å². The standard InChI is InChI=1S/C28H38N4O4/c1-19-16-32(20(2)18-33)27(34)24-14-22(21-10-6-4-7-11-21)15-29-26(24)36-25(19)17-31(3)28(35)30-23-12-8-5-9-13-23/h4,6-7,10-11,14-15,19-20,23,25,33H,5,8-9,12-13,16-18H2,1-3H3,(H,30,35)/t19-,20+,25-/m0/s1. The van der Waals surface area contributed by atoms with Crippen LogP contribution in [-0.2, 0) is 0 Å². The molecule has 1 aliphatic heterocycles. The molecule has 1 saturated carbocycles. The first-order valence-corrected chi connectivity index (χ1v) is 13.0. The summed E-state index contributed by atoms with van der Waals surface area (Å²) < 4.78 is 6.34. The van der Waals surface area contributed by atoms with Gasteiger partial charge >= 0.3 is 6.03 Å². The molecule has 1 aromatic carbocycles. The van der Waals surface area contributed by atoms with Crippen molar-refractivity contribution in [1.82, 2.24) is 20.1 Å². The number of nitrogens with one attached hydrogen (secondary N) is 1. The van der Waals surface area contributed by atoms with Gasteiger partial charge in [-0.1, -0.05) is 56.5 Å². The summed E-state index contributed by atoms with van der Waals surface area (Å²) in [6, 6.07) is 11.3. The fourth-order valence-electron chi connectivity index (χ4n) is 4.99. The number of carbonyl (C=O) groups is 2. The second-order valence-electron chi connectivity index (χ2n) is 10.2. The summed E-state index contributed by atoms with van der Waals surface area (Å²) in [7, 11) is 1.78. The molecule has 3 atom stereocenters. The number of carbonyl (C=O) groups excluding carboxylic acids is 2. The number of pyridine rings is 1. The molecule has 2 heterocycles. The Morgan fingerprint density at radius 2 is 1.94 bits per heavy atom. The lowest BCUT2D eigenvalue weighted by molar-refractivity contribution is 0.0351. The van der Waals surface area contributed by atoms with Crippen LogP contribution in [-0.4, -0.2) is 76.8 Å². The molecule has 1 aliphatic carbocycles. The van der Waals surface area contributed by atoms with Crippen molar-refractivity contribution >= 4 is 11.9 Å². The van der Waals surface area contributed by atoms with E-state index < -0.39 is 0 Å². The highest BCUT2D eigenvalue weighted by atomic mass is 16.5. The van der Waals surface area contributed by atoms with Crippen LogP contribution in [0.5, 0.6) is 5.88 Å². The van der Waals surface area contributed by atoms with Crippen molar-refractivity contribution < 1.29 is 19.4 Å². The minimum Gasteiger partial charge on any atom is -0.472 e. The maximum atomic E-state index is 13.6. The maximum absolute atomic E-state index is 13.6. The number of urea groups is 1. The van der Waals surface area contributed by atoms with Crippen LogP contribution in [0.3, 0.4) is 0 Å². The summed E-state index contributed by atoms with van der Waals surface area (Å²) in [5.41, 5.74) is 2.13. The van der Waals surface area contributed by atoms with Gasteiger partial charge in [-0.3, -0.25) is 4.79 Å². The average Bonchev–Trinajstić information content (AvgIpc) is 2.91. The van der Waals surface area contributed by atoms with Crippen LogP contribution in [0.1, 0.15) is 56.3 Å². The lowest BCUT2D eigenvalue weighted by Crippen LogP contribution is -2.52. The number of hydrogen-bond donors (Lipinski definition) is 2. The van der Waals surface area contributed by atoms with Crippen molar-refractivity contribution in [2.45, 2.75) is 64.1 Å². The molecule has 0 unspecified atom stereocenters. The predicted molar refractivity (Wildman–Crippen MR) is 139 cm³/mol. The Kier molecular flexibility index (Phi) is 8.46.